The van der Waals surface area contributed by atoms with E-state index in [-0.39, 0.29) is 17.0 Å². The third kappa shape index (κ3) is 7.91. The molecule has 0 spiro atoms. The highest BCUT2D eigenvalue weighted by Gasteiger charge is 2.14. The van der Waals surface area contributed by atoms with Crippen LogP contribution >= 0.6 is 0 Å². The van der Waals surface area contributed by atoms with Crippen molar-refractivity contribution in [2.45, 2.75) is 96.9 Å². The van der Waals surface area contributed by atoms with Gasteiger partial charge in [-0.1, -0.05) is 76.0 Å². The summed E-state index contributed by atoms with van der Waals surface area (Å²) < 4.78 is 2.40. The summed E-state index contributed by atoms with van der Waals surface area (Å²) in [6.45, 7) is 3.32. The van der Waals surface area contributed by atoms with E-state index in [2.05, 4.69) is 53.0 Å². The van der Waals surface area contributed by atoms with Crippen molar-refractivity contribution >= 4 is 27.8 Å². The van der Waals surface area contributed by atoms with Crippen molar-refractivity contribution in [1.82, 2.24) is 4.98 Å². The van der Waals surface area contributed by atoms with E-state index in [1.165, 1.54) is 91.7 Å². The molecule has 2 heterocycles. The summed E-state index contributed by atoms with van der Waals surface area (Å²) in [5, 5.41) is 11.3. The molecule has 3 rings (SSSR count). The number of aromatic nitrogens is 2. The van der Waals surface area contributed by atoms with Crippen LogP contribution in [0, 0.1) is 6.92 Å². The number of aliphatic carboxylic acids is 1. The van der Waals surface area contributed by atoms with Gasteiger partial charge in [0.15, 0.2) is 6.20 Å². The van der Waals surface area contributed by atoms with Crippen molar-refractivity contribution in [3.05, 3.63) is 42.2 Å². The van der Waals surface area contributed by atoms with Gasteiger partial charge in [-0.2, -0.15) is 0 Å². The van der Waals surface area contributed by atoms with E-state index in [9.17, 15) is 4.79 Å². The monoisotopic (exact) mass is 502 g/mol. The number of rotatable bonds is 15. The van der Waals surface area contributed by atoms with Crippen LogP contribution in [0.25, 0.3) is 21.8 Å². The topological polar surface area (TPSA) is 57.0 Å². The Morgan fingerprint density at radius 1 is 0.812 bits per heavy atom. The van der Waals surface area contributed by atoms with E-state index in [0.29, 0.717) is 6.42 Å². The van der Waals surface area contributed by atoms with Gasteiger partial charge in [0.05, 0.1) is 0 Å². The smallest absolute Gasteiger partial charge is 0.303 e. The largest absolute Gasteiger partial charge is 1.00 e. The van der Waals surface area contributed by atoms with E-state index < -0.39 is 5.97 Å². The number of halogens is 1. The first-order valence-corrected chi connectivity index (χ1v) is 12.3. The molecule has 0 aliphatic carbocycles. The molecule has 0 aliphatic rings. The van der Waals surface area contributed by atoms with E-state index >= 15 is 0 Å². The number of aryl methyl sites for hydroxylation is 2. The first kappa shape index (κ1) is 26.4. The number of nitrogens with one attached hydrogen (secondary N) is 1. The predicted octanol–water partition coefficient (Wildman–Crippen LogP) is 4.08. The number of carboxylic acids is 1. The minimum atomic E-state index is -0.663. The molecule has 0 saturated carbocycles. The van der Waals surface area contributed by atoms with Gasteiger partial charge >= 0.3 is 5.97 Å². The summed E-state index contributed by atoms with van der Waals surface area (Å²) in [5.41, 5.74) is 3.82. The average Bonchev–Trinajstić information content (AvgIpc) is 3.15. The van der Waals surface area contributed by atoms with Crippen molar-refractivity contribution < 1.29 is 31.4 Å². The summed E-state index contributed by atoms with van der Waals surface area (Å²) in [7, 11) is 0. The molecule has 2 N–H and O–H groups in total. The Labute approximate surface area is 203 Å². The second kappa shape index (κ2) is 14.3. The second-order valence-electron chi connectivity index (χ2n) is 8.94. The number of nitrogens with zero attached hydrogens (tertiary/aromatic N) is 1. The lowest BCUT2D eigenvalue weighted by atomic mass is 10.0. The summed E-state index contributed by atoms with van der Waals surface area (Å²) in [6, 6.07) is 10.8. The molecule has 3 aromatic rings. The molecular weight excluding hydrogens is 464 g/mol. The van der Waals surface area contributed by atoms with Crippen LogP contribution in [-0.2, 0) is 11.3 Å². The van der Waals surface area contributed by atoms with Gasteiger partial charge in [-0.25, -0.2) is 4.57 Å². The standard InChI is InChI=1S/C27H38N2O2.BrH/c1-22-27-24(23-16-13-14-17-25(23)28-27)19-21-29(22)20-15-11-9-7-5-3-2-4-6-8-10-12-18-26(30)31;/h13-14,16-17,19,21H,2-12,15,18,20H2,1H3,(H,30,31);1H. The molecule has 0 aliphatic heterocycles. The number of benzene rings is 1. The minimum Gasteiger partial charge on any atom is -1.00 e. The lowest BCUT2D eigenvalue weighted by molar-refractivity contribution is -0.701. The number of hydrogen-bond acceptors (Lipinski definition) is 1. The van der Waals surface area contributed by atoms with Gasteiger partial charge in [-0.05, 0) is 18.9 Å². The maximum Gasteiger partial charge on any atom is 0.303 e. The molecule has 0 unspecified atom stereocenters. The van der Waals surface area contributed by atoms with Crippen LogP contribution < -0.4 is 21.5 Å². The first-order valence-electron chi connectivity index (χ1n) is 12.3. The maximum absolute atomic E-state index is 10.5. The fourth-order valence-corrected chi connectivity index (χ4v) is 4.61. The number of pyridine rings is 1. The fourth-order valence-electron chi connectivity index (χ4n) is 4.61. The highest BCUT2D eigenvalue weighted by molar-refractivity contribution is 6.07. The number of aromatic amines is 1. The third-order valence-electron chi connectivity index (χ3n) is 6.50. The highest BCUT2D eigenvalue weighted by atomic mass is 79.9. The molecule has 176 valence electrons. The summed E-state index contributed by atoms with van der Waals surface area (Å²) >= 11 is 0. The minimum absolute atomic E-state index is 0. The number of carbonyl (C=O) groups is 1. The zero-order chi connectivity index (χ0) is 21.9. The molecule has 4 nitrogen and oxygen atoms in total. The van der Waals surface area contributed by atoms with Gasteiger partial charge in [0.1, 0.15) is 12.1 Å². The molecular formula is C27H39BrN2O2. The van der Waals surface area contributed by atoms with Gasteiger partial charge in [0, 0.05) is 42.1 Å². The lowest BCUT2D eigenvalue weighted by Crippen LogP contribution is -3.00. The number of H-pyrrole nitrogens is 1. The molecule has 1 aromatic carbocycles. The zero-order valence-electron chi connectivity index (χ0n) is 19.5. The van der Waals surface area contributed by atoms with Crippen molar-refractivity contribution in [3.63, 3.8) is 0 Å². The molecule has 0 fully saturated rings. The van der Waals surface area contributed by atoms with Gasteiger partial charge in [-0.15, -0.1) is 0 Å². The van der Waals surface area contributed by atoms with Crippen LogP contribution in [0.3, 0.4) is 0 Å². The Morgan fingerprint density at radius 3 is 2.00 bits per heavy atom. The van der Waals surface area contributed by atoms with E-state index in [1.54, 1.807) is 0 Å². The van der Waals surface area contributed by atoms with Crippen molar-refractivity contribution in [2.24, 2.45) is 0 Å². The summed E-state index contributed by atoms with van der Waals surface area (Å²) in [5.74, 6) is -0.663. The van der Waals surface area contributed by atoms with Gasteiger partial charge < -0.3 is 27.1 Å². The van der Waals surface area contributed by atoms with Crippen LogP contribution in [0.15, 0.2) is 36.5 Å². The second-order valence-corrected chi connectivity index (χ2v) is 8.94. The van der Waals surface area contributed by atoms with Crippen LogP contribution in [0.1, 0.15) is 89.2 Å². The van der Waals surface area contributed by atoms with Crippen molar-refractivity contribution in [3.8, 4) is 0 Å². The van der Waals surface area contributed by atoms with Crippen LogP contribution in [0.2, 0.25) is 0 Å². The van der Waals surface area contributed by atoms with Gasteiger partial charge in [0.2, 0.25) is 5.69 Å². The number of carboxylic acid groups (broad SMARTS) is 1. The molecule has 0 bridgehead atoms. The SMILES string of the molecule is Cc1c2[nH]c3ccccc3c2cc[n+]1CCCCCCCCCCCCCCC(=O)O.[Br-]. The van der Waals surface area contributed by atoms with Crippen LogP contribution in [-0.4, -0.2) is 16.1 Å². The Balaban J connectivity index is 0.00000363. The van der Waals surface area contributed by atoms with Gasteiger partial charge in [-0.3, -0.25) is 4.79 Å². The van der Waals surface area contributed by atoms with Crippen molar-refractivity contribution in [1.29, 1.82) is 0 Å². The number of hydrogen-bond donors (Lipinski definition) is 2. The quantitative estimate of drug-likeness (QED) is 0.243. The van der Waals surface area contributed by atoms with E-state index in [1.807, 2.05) is 0 Å². The normalized spacial score (nSPS) is 11.2. The number of unbranched alkanes of at least 4 members (excludes halogenated alkanes) is 11. The number of fused-ring (bicyclic) bond motifs is 3. The van der Waals surface area contributed by atoms with Crippen molar-refractivity contribution in [2.75, 3.05) is 0 Å². The van der Waals surface area contributed by atoms with Gasteiger partial charge in [0.25, 0.3) is 0 Å². The summed E-state index contributed by atoms with van der Waals surface area (Å²) in [4.78, 5) is 14.1. The van der Waals surface area contributed by atoms with E-state index in [0.717, 1.165) is 19.4 Å². The van der Waals surface area contributed by atoms with Crippen LogP contribution in [0.4, 0.5) is 0 Å². The fraction of sp³-hybridized carbons (Fsp3) is 0.556. The first-order chi connectivity index (χ1) is 15.2. The van der Waals surface area contributed by atoms with Crippen LogP contribution in [0.5, 0.6) is 0 Å². The Hall–Kier alpha value is -1.88. The average molecular weight is 504 g/mol. The maximum atomic E-state index is 10.5. The Morgan fingerprint density at radius 2 is 1.38 bits per heavy atom. The molecule has 5 heteroatoms. The molecule has 2 aromatic heterocycles. The molecule has 0 saturated heterocycles. The third-order valence-corrected chi connectivity index (χ3v) is 6.50. The summed E-state index contributed by atoms with van der Waals surface area (Å²) in [6.07, 6.45) is 17.5. The van der Waals surface area contributed by atoms with E-state index in [4.69, 9.17) is 5.11 Å². The highest BCUT2D eigenvalue weighted by Crippen LogP contribution is 2.25. The molecule has 0 atom stereocenters. The molecule has 0 amide bonds. The Kier molecular flexibility index (Phi) is 11.8. The zero-order valence-corrected chi connectivity index (χ0v) is 21.1. The number of para-hydroxylation sites is 1. The molecule has 0 radical (unpaired) electrons. The molecule has 32 heavy (non-hydrogen) atoms. The Bertz CT molecular complexity index is 967. The predicted molar refractivity (Wildman–Crippen MR) is 128 cm³/mol. The lowest BCUT2D eigenvalue weighted by Gasteiger charge is -2.04.